The molecule has 2 nitrogen and oxygen atoms in total. The highest BCUT2D eigenvalue weighted by Crippen LogP contribution is 1.92. The summed E-state index contributed by atoms with van der Waals surface area (Å²) in [7, 11) is 0. The third-order valence-corrected chi connectivity index (χ3v) is 1.07. The van der Waals surface area contributed by atoms with Gasteiger partial charge in [0.15, 0.2) is 0 Å². The van der Waals surface area contributed by atoms with E-state index in [1.165, 1.54) is 0 Å². The second kappa shape index (κ2) is 1.99. The van der Waals surface area contributed by atoms with E-state index in [0.717, 1.165) is 5.71 Å². The van der Waals surface area contributed by atoms with Crippen molar-refractivity contribution >= 4 is 5.71 Å². The monoisotopic (exact) mass is 110 g/mol. The SMILES string of the molecule is CC1=NNC(C)C=C1. The van der Waals surface area contributed by atoms with E-state index in [1.807, 2.05) is 13.0 Å². The Morgan fingerprint density at radius 2 is 2.50 bits per heavy atom. The van der Waals surface area contributed by atoms with Crippen LogP contribution in [0, 0.1) is 0 Å². The molecule has 0 radical (unpaired) electrons. The molecule has 8 heavy (non-hydrogen) atoms. The van der Waals surface area contributed by atoms with Gasteiger partial charge in [0.05, 0.1) is 11.8 Å². The molecule has 0 saturated carbocycles. The number of hydrazone groups is 1. The molecule has 1 heterocycles. The van der Waals surface area contributed by atoms with Crippen molar-refractivity contribution in [3.63, 3.8) is 0 Å². The maximum Gasteiger partial charge on any atom is 0.0595 e. The van der Waals surface area contributed by atoms with Crippen LogP contribution in [0.25, 0.3) is 0 Å². The van der Waals surface area contributed by atoms with Crippen molar-refractivity contribution in [3.8, 4) is 0 Å². The summed E-state index contributed by atoms with van der Waals surface area (Å²) in [4.78, 5) is 0. The van der Waals surface area contributed by atoms with Crippen molar-refractivity contribution < 1.29 is 0 Å². The van der Waals surface area contributed by atoms with Crippen molar-refractivity contribution in [2.75, 3.05) is 0 Å². The Hall–Kier alpha value is -0.790. The van der Waals surface area contributed by atoms with E-state index in [-0.39, 0.29) is 0 Å². The van der Waals surface area contributed by atoms with Gasteiger partial charge in [0.25, 0.3) is 0 Å². The molecular formula is C6H10N2. The third kappa shape index (κ3) is 1.09. The highest BCUT2D eigenvalue weighted by molar-refractivity contribution is 5.93. The second-order valence-electron chi connectivity index (χ2n) is 2.03. The molecule has 1 aliphatic heterocycles. The van der Waals surface area contributed by atoms with E-state index in [4.69, 9.17) is 0 Å². The Morgan fingerprint density at radius 1 is 1.75 bits per heavy atom. The first-order valence-corrected chi connectivity index (χ1v) is 2.77. The first kappa shape index (κ1) is 5.35. The Balaban J connectivity index is 2.58. The number of allylic oxidation sites excluding steroid dienone is 1. The van der Waals surface area contributed by atoms with Crippen LogP contribution in [0.5, 0.6) is 0 Å². The normalized spacial score (nSPS) is 26.8. The molecule has 0 saturated heterocycles. The fourth-order valence-corrected chi connectivity index (χ4v) is 0.568. The molecule has 2 heteroatoms. The first-order chi connectivity index (χ1) is 3.79. The minimum absolute atomic E-state index is 0.402. The minimum atomic E-state index is 0.402. The zero-order valence-electron chi connectivity index (χ0n) is 5.18. The molecule has 0 bridgehead atoms. The topological polar surface area (TPSA) is 24.4 Å². The lowest BCUT2D eigenvalue weighted by atomic mass is 10.2. The van der Waals surface area contributed by atoms with Crippen molar-refractivity contribution in [3.05, 3.63) is 12.2 Å². The average molecular weight is 110 g/mol. The smallest absolute Gasteiger partial charge is 0.0595 e. The number of nitrogens with one attached hydrogen (secondary N) is 1. The van der Waals surface area contributed by atoms with Crippen LogP contribution in [0.2, 0.25) is 0 Å². The molecule has 1 unspecified atom stereocenters. The van der Waals surface area contributed by atoms with E-state index >= 15 is 0 Å². The fraction of sp³-hybridized carbons (Fsp3) is 0.500. The van der Waals surface area contributed by atoms with Gasteiger partial charge < -0.3 is 5.43 Å². The van der Waals surface area contributed by atoms with Crippen molar-refractivity contribution in [2.24, 2.45) is 5.10 Å². The quantitative estimate of drug-likeness (QED) is 0.492. The van der Waals surface area contributed by atoms with Crippen LogP contribution in [-0.4, -0.2) is 11.8 Å². The lowest BCUT2D eigenvalue weighted by Gasteiger charge is -2.09. The summed E-state index contributed by atoms with van der Waals surface area (Å²) in [6, 6.07) is 0.402. The van der Waals surface area contributed by atoms with Gasteiger partial charge in [-0.25, -0.2) is 0 Å². The summed E-state index contributed by atoms with van der Waals surface area (Å²) < 4.78 is 0. The van der Waals surface area contributed by atoms with Crippen LogP contribution < -0.4 is 5.43 Å². The van der Waals surface area contributed by atoms with Crippen LogP contribution >= 0.6 is 0 Å². The highest BCUT2D eigenvalue weighted by atomic mass is 15.3. The third-order valence-electron chi connectivity index (χ3n) is 1.07. The summed E-state index contributed by atoms with van der Waals surface area (Å²) in [6.45, 7) is 4.03. The van der Waals surface area contributed by atoms with Gasteiger partial charge in [0.2, 0.25) is 0 Å². The highest BCUT2D eigenvalue weighted by Gasteiger charge is 1.96. The standard InChI is InChI=1S/C6H10N2/c1-5-3-4-6(2)8-7-5/h3-5,7H,1-2H3. The molecule has 0 amide bonds. The molecule has 0 aromatic rings. The molecule has 0 aromatic carbocycles. The Morgan fingerprint density at radius 3 is 2.88 bits per heavy atom. The van der Waals surface area contributed by atoms with E-state index in [0.29, 0.717) is 6.04 Å². The second-order valence-corrected chi connectivity index (χ2v) is 2.03. The molecule has 1 rings (SSSR count). The minimum Gasteiger partial charge on any atom is -0.303 e. The number of hydrogen-bond donors (Lipinski definition) is 1. The summed E-state index contributed by atoms with van der Waals surface area (Å²) >= 11 is 0. The predicted molar refractivity (Wildman–Crippen MR) is 34.8 cm³/mol. The predicted octanol–water partition coefficient (Wildman–Crippen LogP) is 0.910. The van der Waals surface area contributed by atoms with Gasteiger partial charge in [-0.2, -0.15) is 5.10 Å². The lowest BCUT2D eigenvalue weighted by Crippen LogP contribution is -2.22. The van der Waals surface area contributed by atoms with Crippen LogP contribution in [0.4, 0.5) is 0 Å². The molecule has 0 spiro atoms. The summed E-state index contributed by atoms with van der Waals surface area (Å²) in [5.74, 6) is 0. The first-order valence-electron chi connectivity index (χ1n) is 2.77. The van der Waals surface area contributed by atoms with Gasteiger partial charge in [0.1, 0.15) is 0 Å². The maximum atomic E-state index is 3.99. The summed E-state index contributed by atoms with van der Waals surface area (Å²) in [5.41, 5.74) is 3.98. The molecule has 1 N–H and O–H groups in total. The van der Waals surface area contributed by atoms with Gasteiger partial charge in [0, 0.05) is 0 Å². The fourth-order valence-electron chi connectivity index (χ4n) is 0.568. The molecule has 1 aliphatic rings. The van der Waals surface area contributed by atoms with Gasteiger partial charge in [-0.05, 0) is 19.9 Å². The van der Waals surface area contributed by atoms with Gasteiger partial charge in [-0.1, -0.05) is 6.08 Å². The van der Waals surface area contributed by atoms with Gasteiger partial charge in [-0.15, -0.1) is 0 Å². The van der Waals surface area contributed by atoms with Crippen LogP contribution in [0.3, 0.4) is 0 Å². The number of hydrogen-bond acceptors (Lipinski definition) is 2. The maximum absolute atomic E-state index is 3.99. The van der Waals surface area contributed by atoms with Gasteiger partial charge >= 0.3 is 0 Å². The molecular weight excluding hydrogens is 100 g/mol. The summed E-state index contributed by atoms with van der Waals surface area (Å²) in [5, 5.41) is 3.99. The Labute approximate surface area is 49.3 Å². The van der Waals surface area contributed by atoms with Crippen molar-refractivity contribution in [1.82, 2.24) is 5.43 Å². The average Bonchev–Trinajstić information content (AvgIpc) is 1.77. The summed E-state index contributed by atoms with van der Waals surface area (Å²) in [6.07, 6.45) is 4.10. The Kier molecular flexibility index (Phi) is 1.33. The lowest BCUT2D eigenvalue weighted by molar-refractivity contribution is 0.664. The van der Waals surface area contributed by atoms with Crippen LogP contribution in [-0.2, 0) is 0 Å². The zero-order chi connectivity index (χ0) is 5.98. The van der Waals surface area contributed by atoms with E-state index in [1.54, 1.807) is 0 Å². The van der Waals surface area contributed by atoms with E-state index < -0.39 is 0 Å². The number of rotatable bonds is 0. The van der Waals surface area contributed by atoms with Crippen LogP contribution in [0.1, 0.15) is 13.8 Å². The number of nitrogens with zero attached hydrogens (tertiary/aromatic N) is 1. The van der Waals surface area contributed by atoms with E-state index in [2.05, 4.69) is 23.5 Å². The van der Waals surface area contributed by atoms with E-state index in [9.17, 15) is 0 Å². The Bertz CT molecular complexity index is 135. The van der Waals surface area contributed by atoms with Gasteiger partial charge in [-0.3, -0.25) is 0 Å². The van der Waals surface area contributed by atoms with Crippen LogP contribution in [0.15, 0.2) is 17.3 Å². The molecule has 0 aliphatic carbocycles. The largest absolute Gasteiger partial charge is 0.303 e. The molecule has 0 aromatic heterocycles. The zero-order valence-corrected chi connectivity index (χ0v) is 5.18. The van der Waals surface area contributed by atoms with Crippen molar-refractivity contribution in [1.29, 1.82) is 0 Å². The molecule has 0 fully saturated rings. The molecule has 44 valence electrons. The van der Waals surface area contributed by atoms with Crippen molar-refractivity contribution in [2.45, 2.75) is 19.9 Å². The molecule has 1 atom stereocenters.